The van der Waals surface area contributed by atoms with Gasteiger partial charge in [0, 0.05) is 18.8 Å². The normalized spacial score (nSPS) is 15.5. The van der Waals surface area contributed by atoms with E-state index in [1.54, 1.807) is 13.8 Å². The standard InChI is InChI=1S/C24H39NO4S/c1-4-29-24(26)22-15-17-25(18-16-22)23-13-11-21(12-14-23)10-8-6-5-7-9-19-30(27,28)20(2)3/h11-14,20,22H,4-10,15-19H2,1-3H3. The molecule has 0 unspecified atom stereocenters. The van der Waals surface area contributed by atoms with Crippen molar-refractivity contribution < 1.29 is 17.9 Å². The Kier molecular flexibility index (Phi) is 10.2. The number of esters is 1. The van der Waals surface area contributed by atoms with E-state index in [4.69, 9.17) is 4.74 Å². The lowest BCUT2D eigenvalue weighted by atomic mass is 9.96. The molecule has 6 heteroatoms. The Bertz CT molecular complexity index is 735. The number of unbranched alkanes of at least 4 members (excludes halogenated alkanes) is 4. The molecule has 0 bridgehead atoms. The van der Waals surface area contributed by atoms with E-state index < -0.39 is 9.84 Å². The molecular weight excluding hydrogens is 398 g/mol. The van der Waals surface area contributed by atoms with Crippen LogP contribution in [0.4, 0.5) is 5.69 Å². The molecule has 1 aliphatic rings. The van der Waals surface area contributed by atoms with Gasteiger partial charge in [-0.3, -0.25) is 4.79 Å². The minimum Gasteiger partial charge on any atom is -0.466 e. The van der Waals surface area contributed by atoms with E-state index in [1.807, 2.05) is 6.92 Å². The van der Waals surface area contributed by atoms with Crippen LogP contribution in [0.5, 0.6) is 0 Å². The second-order valence-corrected chi connectivity index (χ2v) is 11.3. The summed E-state index contributed by atoms with van der Waals surface area (Å²) in [5.74, 6) is 0.323. The number of anilines is 1. The molecule has 30 heavy (non-hydrogen) atoms. The molecule has 0 spiro atoms. The van der Waals surface area contributed by atoms with E-state index in [2.05, 4.69) is 29.2 Å². The van der Waals surface area contributed by atoms with E-state index >= 15 is 0 Å². The Morgan fingerprint density at radius 2 is 1.63 bits per heavy atom. The van der Waals surface area contributed by atoms with Crippen molar-refractivity contribution in [1.29, 1.82) is 0 Å². The highest BCUT2D eigenvalue weighted by Gasteiger charge is 2.26. The van der Waals surface area contributed by atoms with Crippen LogP contribution in [0.2, 0.25) is 0 Å². The van der Waals surface area contributed by atoms with Crippen LogP contribution in [-0.2, 0) is 25.8 Å². The number of hydrogen-bond acceptors (Lipinski definition) is 5. The molecule has 1 aromatic carbocycles. The van der Waals surface area contributed by atoms with Gasteiger partial charge in [-0.25, -0.2) is 8.42 Å². The van der Waals surface area contributed by atoms with Gasteiger partial charge in [-0.05, 0) is 70.6 Å². The van der Waals surface area contributed by atoms with Crippen LogP contribution < -0.4 is 4.90 Å². The summed E-state index contributed by atoms with van der Waals surface area (Å²) in [4.78, 5) is 14.2. The summed E-state index contributed by atoms with van der Waals surface area (Å²) in [5, 5.41) is -0.260. The lowest BCUT2D eigenvalue weighted by Crippen LogP contribution is -2.36. The zero-order valence-corrected chi connectivity index (χ0v) is 19.8. The Hall–Kier alpha value is -1.56. The highest BCUT2D eigenvalue weighted by atomic mass is 32.2. The topological polar surface area (TPSA) is 63.7 Å². The first kappa shape index (κ1) is 24.7. The molecule has 0 aliphatic carbocycles. The molecule has 1 fully saturated rings. The summed E-state index contributed by atoms with van der Waals surface area (Å²) in [6.07, 6.45) is 7.94. The second kappa shape index (κ2) is 12.3. The lowest BCUT2D eigenvalue weighted by molar-refractivity contribution is -0.148. The summed E-state index contributed by atoms with van der Waals surface area (Å²) < 4.78 is 28.7. The molecule has 170 valence electrons. The monoisotopic (exact) mass is 437 g/mol. The zero-order chi connectivity index (χ0) is 22.0. The van der Waals surface area contributed by atoms with Crippen molar-refractivity contribution >= 4 is 21.5 Å². The number of carbonyl (C=O) groups excluding carboxylic acids is 1. The van der Waals surface area contributed by atoms with Crippen molar-refractivity contribution in [3.8, 4) is 0 Å². The molecule has 1 heterocycles. The first-order valence-electron chi connectivity index (χ1n) is 11.6. The van der Waals surface area contributed by atoms with E-state index in [0.717, 1.165) is 64.5 Å². The van der Waals surface area contributed by atoms with Crippen LogP contribution in [-0.4, -0.2) is 45.1 Å². The van der Waals surface area contributed by atoms with Crippen molar-refractivity contribution in [2.45, 2.75) is 77.4 Å². The fourth-order valence-electron chi connectivity index (χ4n) is 3.91. The SMILES string of the molecule is CCOC(=O)C1CCN(c2ccc(CCCCCCCS(=O)(=O)C(C)C)cc2)CC1. The highest BCUT2D eigenvalue weighted by Crippen LogP contribution is 2.25. The van der Waals surface area contributed by atoms with Crippen LogP contribution in [0.25, 0.3) is 0 Å². The Balaban J connectivity index is 1.63. The van der Waals surface area contributed by atoms with Crippen molar-refractivity contribution in [1.82, 2.24) is 0 Å². The summed E-state index contributed by atoms with van der Waals surface area (Å²) in [6, 6.07) is 8.80. The maximum Gasteiger partial charge on any atom is 0.309 e. The molecule has 0 N–H and O–H groups in total. The molecule has 1 aliphatic heterocycles. The van der Waals surface area contributed by atoms with Gasteiger partial charge in [0.25, 0.3) is 0 Å². The molecule has 1 saturated heterocycles. The number of piperidine rings is 1. The number of rotatable bonds is 12. The van der Waals surface area contributed by atoms with Crippen molar-refractivity contribution in [2.24, 2.45) is 5.92 Å². The third kappa shape index (κ3) is 7.93. The van der Waals surface area contributed by atoms with Gasteiger partial charge in [-0.2, -0.15) is 0 Å². The van der Waals surface area contributed by atoms with Gasteiger partial charge in [-0.15, -0.1) is 0 Å². The maximum absolute atomic E-state index is 11.9. The minimum absolute atomic E-state index is 0.0472. The number of sulfone groups is 1. The Morgan fingerprint density at radius 1 is 1.03 bits per heavy atom. The zero-order valence-electron chi connectivity index (χ0n) is 18.9. The Labute approximate surface area is 183 Å². The molecule has 1 aromatic rings. The molecule has 0 aromatic heterocycles. The van der Waals surface area contributed by atoms with Crippen molar-refractivity contribution in [3.63, 3.8) is 0 Å². The van der Waals surface area contributed by atoms with Gasteiger partial charge in [0.2, 0.25) is 0 Å². The molecule has 0 saturated carbocycles. The molecule has 0 radical (unpaired) electrons. The average molecular weight is 438 g/mol. The van der Waals surface area contributed by atoms with E-state index in [-0.39, 0.29) is 17.1 Å². The summed E-state index contributed by atoms with van der Waals surface area (Å²) in [5.41, 5.74) is 2.58. The number of benzene rings is 1. The number of aryl methyl sites for hydroxylation is 1. The predicted octanol–water partition coefficient (Wildman–Crippen LogP) is 4.78. The number of hydrogen-bond donors (Lipinski definition) is 0. The van der Waals surface area contributed by atoms with Crippen LogP contribution in [0, 0.1) is 5.92 Å². The van der Waals surface area contributed by atoms with E-state index in [1.165, 1.54) is 11.3 Å². The molecule has 5 nitrogen and oxygen atoms in total. The van der Waals surface area contributed by atoms with E-state index in [0.29, 0.717) is 12.4 Å². The highest BCUT2D eigenvalue weighted by molar-refractivity contribution is 7.91. The smallest absolute Gasteiger partial charge is 0.309 e. The first-order chi connectivity index (χ1) is 14.3. The van der Waals surface area contributed by atoms with Crippen molar-refractivity contribution in [3.05, 3.63) is 29.8 Å². The minimum atomic E-state index is -2.88. The van der Waals surface area contributed by atoms with Crippen LogP contribution in [0.3, 0.4) is 0 Å². The largest absolute Gasteiger partial charge is 0.466 e. The van der Waals surface area contributed by atoms with Crippen LogP contribution >= 0.6 is 0 Å². The number of nitrogens with zero attached hydrogens (tertiary/aromatic N) is 1. The Morgan fingerprint density at radius 3 is 2.23 bits per heavy atom. The van der Waals surface area contributed by atoms with Gasteiger partial charge in [-0.1, -0.05) is 31.4 Å². The quantitative estimate of drug-likeness (QED) is 0.348. The van der Waals surface area contributed by atoms with Gasteiger partial charge in [0.15, 0.2) is 9.84 Å². The molecule has 0 amide bonds. The maximum atomic E-state index is 11.9. The summed E-state index contributed by atoms with van der Waals surface area (Å²) in [6.45, 7) is 7.62. The number of carbonyl (C=O) groups is 1. The second-order valence-electron chi connectivity index (χ2n) is 8.61. The third-order valence-electron chi connectivity index (χ3n) is 6.03. The fraction of sp³-hybridized carbons (Fsp3) is 0.708. The summed E-state index contributed by atoms with van der Waals surface area (Å²) in [7, 11) is -2.88. The third-order valence-corrected chi connectivity index (χ3v) is 8.32. The average Bonchev–Trinajstić information content (AvgIpc) is 2.73. The van der Waals surface area contributed by atoms with E-state index in [9.17, 15) is 13.2 Å². The molecule has 0 atom stereocenters. The van der Waals surface area contributed by atoms with Gasteiger partial charge in [0.1, 0.15) is 0 Å². The van der Waals surface area contributed by atoms with Crippen molar-refractivity contribution in [2.75, 3.05) is 30.3 Å². The number of ether oxygens (including phenoxy) is 1. The van der Waals surface area contributed by atoms with Gasteiger partial charge < -0.3 is 9.64 Å². The van der Waals surface area contributed by atoms with Gasteiger partial charge >= 0.3 is 5.97 Å². The lowest BCUT2D eigenvalue weighted by Gasteiger charge is -2.32. The molecular formula is C24H39NO4S. The van der Waals surface area contributed by atoms with Crippen LogP contribution in [0.15, 0.2) is 24.3 Å². The molecule has 2 rings (SSSR count). The van der Waals surface area contributed by atoms with Crippen LogP contribution in [0.1, 0.15) is 71.3 Å². The van der Waals surface area contributed by atoms with Gasteiger partial charge in [0.05, 0.1) is 23.5 Å². The fourth-order valence-corrected chi connectivity index (χ4v) is 4.98. The predicted molar refractivity (Wildman–Crippen MR) is 124 cm³/mol. The first-order valence-corrected chi connectivity index (χ1v) is 13.3. The summed E-state index contributed by atoms with van der Waals surface area (Å²) >= 11 is 0.